The summed E-state index contributed by atoms with van der Waals surface area (Å²) in [6.45, 7) is 3.31. The average Bonchev–Trinajstić information content (AvgIpc) is 2.79. The van der Waals surface area contributed by atoms with Crippen LogP contribution in [0.15, 0.2) is 22.6 Å². The first-order chi connectivity index (χ1) is 8.69. The number of hydrogen-bond acceptors (Lipinski definition) is 5. The van der Waals surface area contributed by atoms with Gasteiger partial charge in [-0.15, -0.1) is 5.10 Å². The molecule has 1 heterocycles. The Bertz CT molecular complexity index is 532. The fourth-order valence-electron chi connectivity index (χ4n) is 1.30. The van der Waals surface area contributed by atoms with Crippen LogP contribution in [0.25, 0.3) is 0 Å². The molecular formula is C11H12ClFN4O. The number of rotatable bonds is 5. The number of halogens is 2. The third-order valence-electron chi connectivity index (χ3n) is 2.16. The van der Waals surface area contributed by atoms with E-state index in [0.717, 1.165) is 6.54 Å². The Hall–Kier alpha value is -1.66. The van der Waals surface area contributed by atoms with Crippen molar-refractivity contribution in [3.63, 3.8) is 0 Å². The Labute approximate surface area is 108 Å². The summed E-state index contributed by atoms with van der Waals surface area (Å²) >= 11 is 5.66. The zero-order valence-electron chi connectivity index (χ0n) is 9.70. The van der Waals surface area contributed by atoms with Crippen molar-refractivity contribution in [2.24, 2.45) is 0 Å². The molecule has 0 fully saturated rings. The lowest BCUT2D eigenvalue weighted by Gasteiger charge is -2.01. The molecule has 0 spiro atoms. The predicted octanol–water partition coefficient (Wildman–Crippen LogP) is 2.72. The lowest BCUT2D eigenvalue weighted by Crippen LogP contribution is -2.11. The van der Waals surface area contributed by atoms with Crippen molar-refractivity contribution in [3.8, 4) is 0 Å². The number of nitrogens with one attached hydrogen (secondary N) is 2. The van der Waals surface area contributed by atoms with E-state index in [2.05, 4.69) is 20.8 Å². The normalized spacial score (nSPS) is 10.6. The molecule has 0 atom stereocenters. The van der Waals surface area contributed by atoms with Crippen LogP contribution in [-0.2, 0) is 6.54 Å². The molecule has 0 bridgehead atoms. The molecule has 0 aliphatic rings. The lowest BCUT2D eigenvalue weighted by molar-refractivity contribution is 0.484. The number of anilines is 2. The van der Waals surface area contributed by atoms with Gasteiger partial charge in [0.15, 0.2) is 0 Å². The number of nitrogens with zero attached hydrogens (tertiary/aromatic N) is 2. The van der Waals surface area contributed by atoms with Gasteiger partial charge in [0, 0.05) is 5.69 Å². The van der Waals surface area contributed by atoms with E-state index in [9.17, 15) is 4.39 Å². The summed E-state index contributed by atoms with van der Waals surface area (Å²) < 4.78 is 18.3. The average molecular weight is 271 g/mol. The van der Waals surface area contributed by atoms with Crippen molar-refractivity contribution in [2.75, 3.05) is 11.9 Å². The van der Waals surface area contributed by atoms with Gasteiger partial charge in [-0.25, -0.2) is 4.39 Å². The number of benzene rings is 1. The van der Waals surface area contributed by atoms with Crippen molar-refractivity contribution in [3.05, 3.63) is 34.9 Å². The molecule has 0 aliphatic carbocycles. The van der Waals surface area contributed by atoms with Gasteiger partial charge in [0.1, 0.15) is 5.82 Å². The van der Waals surface area contributed by atoms with Gasteiger partial charge in [0.2, 0.25) is 5.89 Å². The smallest absolute Gasteiger partial charge is 0.320 e. The first-order valence-electron chi connectivity index (χ1n) is 5.44. The largest absolute Gasteiger partial charge is 0.406 e. The minimum absolute atomic E-state index is 0.0346. The highest BCUT2D eigenvalue weighted by atomic mass is 35.5. The van der Waals surface area contributed by atoms with Gasteiger partial charge in [0.05, 0.1) is 11.6 Å². The third-order valence-corrected chi connectivity index (χ3v) is 2.45. The first-order valence-corrected chi connectivity index (χ1v) is 5.82. The van der Waals surface area contributed by atoms with Crippen molar-refractivity contribution in [1.29, 1.82) is 0 Å². The fraction of sp³-hybridized carbons (Fsp3) is 0.273. The Morgan fingerprint density at radius 3 is 2.94 bits per heavy atom. The topological polar surface area (TPSA) is 63.0 Å². The van der Waals surface area contributed by atoms with Gasteiger partial charge in [-0.3, -0.25) is 0 Å². The molecule has 0 unspecified atom stereocenters. The highest BCUT2D eigenvalue weighted by molar-refractivity contribution is 6.31. The Kier molecular flexibility index (Phi) is 4.11. The van der Waals surface area contributed by atoms with Crippen LogP contribution in [0.5, 0.6) is 0 Å². The minimum Gasteiger partial charge on any atom is -0.406 e. The van der Waals surface area contributed by atoms with Crippen LogP contribution in [0.1, 0.15) is 12.8 Å². The molecule has 2 aromatic rings. The van der Waals surface area contributed by atoms with Crippen LogP contribution >= 0.6 is 11.6 Å². The van der Waals surface area contributed by atoms with E-state index in [-0.39, 0.29) is 11.0 Å². The second kappa shape index (κ2) is 5.79. The number of aromatic nitrogens is 2. The van der Waals surface area contributed by atoms with Gasteiger partial charge in [-0.2, -0.15) is 0 Å². The van der Waals surface area contributed by atoms with E-state index in [1.165, 1.54) is 18.2 Å². The monoisotopic (exact) mass is 270 g/mol. The Morgan fingerprint density at radius 2 is 2.22 bits per heavy atom. The summed E-state index contributed by atoms with van der Waals surface area (Å²) in [5.41, 5.74) is 0.583. The van der Waals surface area contributed by atoms with E-state index in [1.807, 2.05) is 6.92 Å². The van der Waals surface area contributed by atoms with Crippen molar-refractivity contribution in [2.45, 2.75) is 13.5 Å². The van der Waals surface area contributed by atoms with E-state index < -0.39 is 5.82 Å². The van der Waals surface area contributed by atoms with E-state index in [0.29, 0.717) is 18.1 Å². The molecule has 0 aliphatic heterocycles. The first kappa shape index (κ1) is 12.8. The highest BCUT2D eigenvalue weighted by Crippen LogP contribution is 2.22. The van der Waals surface area contributed by atoms with Gasteiger partial charge < -0.3 is 15.1 Å². The second-order valence-corrected chi connectivity index (χ2v) is 3.94. The zero-order chi connectivity index (χ0) is 13.0. The maximum atomic E-state index is 13.0. The van der Waals surface area contributed by atoms with Crippen LogP contribution in [0.3, 0.4) is 0 Å². The van der Waals surface area contributed by atoms with Crippen LogP contribution in [0, 0.1) is 5.82 Å². The van der Waals surface area contributed by atoms with Crippen LogP contribution in [-0.4, -0.2) is 16.7 Å². The van der Waals surface area contributed by atoms with E-state index in [4.69, 9.17) is 16.0 Å². The summed E-state index contributed by atoms with van der Waals surface area (Å²) in [6, 6.07) is 4.49. The summed E-state index contributed by atoms with van der Waals surface area (Å²) in [7, 11) is 0. The summed E-state index contributed by atoms with van der Waals surface area (Å²) in [5, 5.41) is 13.6. The lowest BCUT2D eigenvalue weighted by atomic mass is 10.3. The molecule has 0 saturated heterocycles. The molecule has 7 heteroatoms. The highest BCUT2D eigenvalue weighted by Gasteiger charge is 2.07. The minimum atomic E-state index is -0.472. The molecule has 5 nitrogen and oxygen atoms in total. The summed E-state index contributed by atoms with van der Waals surface area (Å²) in [5.74, 6) is 0.00754. The van der Waals surface area contributed by atoms with Gasteiger partial charge in [0.25, 0.3) is 0 Å². The van der Waals surface area contributed by atoms with E-state index in [1.54, 1.807) is 0 Å². The molecule has 1 aromatic carbocycles. The maximum absolute atomic E-state index is 13.0. The molecule has 18 heavy (non-hydrogen) atoms. The zero-order valence-corrected chi connectivity index (χ0v) is 10.5. The Balaban J connectivity index is 2.04. The molecule has 0 radical (unpaired) electrons. The number of hydrogen-bond donors (Lipinski definition) is 2. The predicted molar refractivity (Wildman–Crippen MR) is 66.4 cm³/mol. The quantitative estimate of drug-likeness (QED) is 0.875. The molecule has 1 aromatic heterocycles. The molecule has 0 saturated carbocycles. The molecule has 2 rings (SSSR count). The molecule has 2 N–H and O–H groups in total. The van der Waals surface area contributed by atoms with Crippen molar-refractivity contribution < 1.29 is 8.81 Å². The molecular weight excluding hydrogens is 259 g/mol. The van der Waals surface area contributed by atoms with Crippen LogP contribution in [0.4, 0.5) is 16.1 Å². The fourth-order valence-corrected chi connectivity index (χ4v) is 1.49. The SMILES string of the molecule is CCNCc1nnc(Nc2ccc(F)c(Cl)c2)o1. The van der Waals surface area contributed by atoms with Gasteiger partial charge in [-0.1, -0.05) is 23.6 Å². The second-order valence-electron chi connectivity index (χ2n) is 3.54. The molecule has 0 amide bonds. The van der Waals surface area contributed by atoms with E-state index >= 15 is 0 Å². The third kappa shape index (κ3) is 3.18. The van der Waals surface area contributed by atoms with Gasteiger partial charge in [-0.05, 0) is 24.7 Å². The van der Waals surface area contributed by atoms with Crippen LogP contribution < -0.4 is 10.6 Å². The maximum Gasteiger partial charge on any atom is 0.320 e. The standard InChI is InChI=1S/C11H12ClFN4O/c1-2-14-6-10-16-17-11(18-10)15-7-3-4-9(13)8(12)5-7/h3-5,14H,2,6H2,1H3,(H,15,17). The summed E-state index contributed by atoms with van der Waals surface area (Å²) in [6.07, 6.45) is 0. The summed E-state index contributed by atoms with van der Waals surface area (Å²) in [4.78, 5) is 0. The van der Waals surface area contributed by atoms with Crippen molar-refractivity contribution >= 4 is 23.3 Å². The Morgan fingerprint density at radius 1 is 1.39 bits per heavy atom. The van der Waals surface area contributed by atoms with Gasteiger partial charge >= 0.3 is 6.01 Å². The van der Waals surface area contributed by atoms with Crippen molar-refractivity contribution in [1.82, 2.24) is 15.5 Å². The molecule has 96 valence electrons. The van der Waals surface area contributed by atoms with Crippen LogP contribution in [0.2, 0.25) is 5.02 Å².